The van der Waals surface area contributed by atoms with Gasteiger partial charge in [0.25, 0.3) is 5.91 Å². The summed E-state index contributed by atoms with van der Waals surface area (Å²) in [5, 5.41) is 3.04. The van der Waals surface area contributed by atoms with Crippen LogP contribution >= 0.6 is 15.9 Å². The molecular formula is C17H20BrN3O. The number of benzene rings is 1. The molecule has 1 aromatic carbocycles. The molecule has 0 aliphatic heterocycles. The van der Waals surface area contributed by atoms with Gasteiger partial charge in [0.2, 0.25) is 0 Å². The van der Waals surface area contributed by atoms with Gasteiger partial charge in [-0.15, -0.1) is 0 Å². The summed E-state index contributed by atoms with van der Waals surface area (Å²) in [6, 6.07) is 13.7. The van der Waals surface area contributed by atoms with Crippen LogP contribution in [0.1, 0.15) is 29.0 Å². The minimum Gasteiger partial charge on any atom is -0.346 e. The minimum atomic E-state index is -0.164. The summed E-state index contributed by atoms with van der Waals surface area (Å²) in [5.74, 6) is -0.164. The van der Waals surface area contributed by atoms with Crippen LogP contribution in [0.2, 0.25) is 0 Å². The summed E-state index contributed by atoms with van der Waals surface area (Å²) in [5.41, 5.74) is 1.59. The van der Waals surface area contributed by atoms with Crippen LogP contribution in [0.3, 0.4) is 0 Å². The van der Waals surface area contributed by atoms with Crippen molar-refractivity contribution in [2.75, 3.05) is 14.1 Å². The van der Waals surface area contributed by atoms with Gasteiger partial charge in [-0.3, -0.25) is 4.79 Å². The lowest BCUT2D eigenvalue weighted by Crippen LogP contribution is -2.42. The molecule has 1 heterocycles. The zero-order valence-corrected chi connectivity index (χ0v) is 14.5. The monoisotopic (exact) mass is 361 g/mol. The molecule has 0 saturated carbocycles. The van der Waals surface area contributed by atoms with Gasteiger partial charge < -0.3 is 10.2 Å². The molecule has 1 aromatic heterocycles. The summed E-state index contributed by atoms with van der Waals surface area (Å²) < 4.78 is 0.854. The first kappa shape index (κ1) is 16.6. The van der Waals surface area contributed by atoms with E-state index in [1.165, 1.54) is 5.56 Å². The largest absolute Gasteiger partial charge is 0.346 e. The van der Waals surface area contributed by atoms with Gasteiger partial charge in [-0.2, -0.15) is 0 Å². The van der Waals surface area contributed by atoms with Crippen LogP contribution in [-0.4, -0.2) is 35.9 Å². The number of carbonyl (C=O) groups is 1. The molecular weight excluding hydrogens is 342 g/mol. The van der Waals surface area contributed by atoms with Crippen molar-refractivity contribution in [1.29, 1.82) is 0 Å². The smallest absolute Gasteiger partial charge is 0.270 e. The Hall–Kier alpha value is -1.72. The molecule has 2 atom stereocenters. The normalized spacial score (nSPS) is 13.7. The van der Waals surface area contributed by atoms with Gasteiger partial charge in [-0.05, 0) is 54.6 Å². The lowest BCUT2D eigenvalue weighted by molar-refractivity contribution is 0.0910. The number of hydrogen-bond acceptors (Lipinski definition) is 3. The summed E-state index contributed by atoms with van der Waals surface area (Å²) in [7, 11) is 4.02. The molecule has 0 saturated heterocycles. The fourth-order valence-electron chi connectivity index (χ4n) is 2.55. The number of nitrogens with one attached hydrogen (secondary N) is 1. The first-order valence-electron chi connectivity index (χ1n) is 7.13. The van der Waals surface area contributed by atoms with Crippen LogP contribution in [0.15, 0.2) is 53.1 Å². The van der Waals surface area contributed by atoms with Gasteiger partial charge in [0, 0.05) is 16.7 Å². The van der Waals surface area contributed by atoms with Gasteiger partial charge in [-0.25, -0.2) is 4.98 Å². The topological polar surface area (TPSA) is 45.2 Å². The molecule has 0 aliphatic carbocycles. The lowest BCUT2D eigenvalue weighted by atomic mass is 9.99. The highest BCUT2D eigenvalue weighted by molar-refractivity contribution is 9.10. The lowest BCUT2D eigenvalue weighted by Gasteiger charge is -2.31. The molecule has 0 unspecified atom stereocenters. The van der Waals surface area contributed by atoms with Gasteiger partial charge in [0.15, 0.2) is 0 Å². The van der Waals surface area contributed by atoms with Crippen molar-refractivity contribution >= 4 is 21.8 Å². The molecule has 5 heteroatoms. The Kier molecular flexibility index (Phi) is 5.69. The van der Waals surface area contributed by atoms with Gasteiger partial charge in [0.05, 0.1) is 6.04 Å². The fourth-order valence-corrected chi connectivity index (χ4v) is 2.79. The van der Waals surface area contributed by atoms with Crippen LogP contribution in [0.4, 0.5) is 0 Å². The second-order valence-corrected chi connectivity index (χ2v) is 6.36. The van der Waals surface area contributed by atoms with E-state index >= 15 is 0 Å². The fraction of sp³-hybridized carbons (Fsp3) is 0.294. The zero-order valence-electron chi connectivity index (χ0n) is 13.0. The Morgan fingerprint density at radius 2 is 1.86 bits per heavy atom. The summed E-state index contributed by atoms with van der Waals surface area (Å²) in [6.07, 6.45) is 1.63. The molecule has 2 rings (SSSR count). The predicted molar refractivity (Wildman–Crippen MR) is 91.7 cm³/mol. The van der Waals surface area contributed by atoms with Crippen LogP contribution in [0.5, 0.6) is 0 Å². The summed E-state index contributed by atoms with van der Waals surface area (Å²) in [6.45, 7) is 2.01. The molecule has 0 fully saturated rings. The highest BCUT2D eigenvalue weighted by Crippen LogP contribution is 2.22. The molecule has 2 aromatic rings. The van der Waals surface area contributed by atoms with Crippen molar-refractivity contribution in [3.63, 3.8) is 0 Å². The number of amides is 1. The first-order chi connectivity index (χ1) is 10.5. The third-order valence-electron chi connectivity index (χ3n) is 3.49. The maximum atomic E-state index is 12.3. The Morgan fingerprint density at radius 3 is 2.41 bits per heavy atom. The molecule has 0 spiro atoms. The standard InChI is InChI=1S/C17H20BrN3O/c1-12(16(21(2)3)13-7-5-4-6-8-13)20-17(22)15-10-9-14(18)11-19-15/h4-12,16H,1-3H3,(H,20,22)/t12-,16-/m1/s1. The number of rotatable bonds is 5. The SMILES string of the molecule is C[C@@H](NC(=O)c1ccc(Br)cn1)[C@H](c1ccccc1)N(C)C. The zero-order chi connectivity index (χ0) is 16.1. The predicted octanol–water partition coefficient (Wildman–Crippen LogP) is 3.27. The Labute approximate surface area is 139 Å². The van der Waals surface area contributed by atoms with E-state index in [1.807, 2.05) is 45.3 Å². The van der Waals surface area contributed by atoms with Crippen molar-refractivity contribution in [1.82, 2.24) is 15.2 Å². The summed E-state index contributed by atoms with van der Waals surface area (Å²) >= 11 is 3.32. The van der Waals surface area contributed by atoms with Crippen molar-refractivity contribution < 1.29 is 4.79 Å². The van der Waals surface area contributed by atoms with E-state index in [1.54, 1.807) is 12.3 Å². The van der Waals surface area contributed by atoms with E-state index in [9.17, 15) is 4.79 Å². The highest BCUT2D eigenvalue weighted by Gasteiger charge is 2.23. The van der Waals surface area contributed by atoms with Crippen LogP contribution in [-0.2, 0) is 0 Å². The Morgan fingerprint density at radius 1 is 1.18 bits per heavy atom. The second kappa shape index (κ2) is 7.51. The maximum absolute atomic E-state index is 12.3. The number of likely N-dealkylation sites (N-methyl/N-ethyl adjacent to an activating group) is 1. The van der Waals surface area contributed by atoms with E-state index < -0.39 is 0 Å². The molecule has 0 bridgehead atoms. The third kappa shape index (κ3) is 4.15. The first-order valence-corrected chi connectivity index (χ1v) is 7.92. The molecule has 4 nitrogen and oxygen atoms in total. The van der Waals surface area contributed by atoms with E-state index in [-0.39, 0.29) is 18.0 Å². The minimum absolute atomic E-state index is 0.0460. The molecule has 0 aliphatic rings. The number of carbonyl (C=O) groups excluding carboxylic acids is 1. The van der Waals surface area contributed by atoms with E-state index in [2.05, 4.69) is 43.3 Å². The molecule has 1 N–H and O–H groups in total. The average Bonchev–Trinajstić information content (AvgIpc) is 2.48. The average molecular weight is 362 g/mol. The van der Waals surface area contributed by atoms with Crippen LogP contribution in [0, 0.1) is 0 Å². The maximum Gasteiger partial charge on any atom is 0.270 e. The van der Waals surface area contributed by atoms with Crippen molar-refractivity contribution in [2.24, 2.45) is 0 Å². The number of aromatic nitrogens is 1. The van der Waals surface area contributed by atoms with E-state index in [0.717, 1.165) is 4.47 Å². The summed E-state index contributed by atoms with van der Waals surface area (Å²) in [4.78, 5) is 18.6. The third-order valence-corrected chi connectivity index (χ3v) is 3.96. The van der Waals surface area contributed by atoms with Crippen LogP contribution < -0.4 is 5.32 Å². The quantitative estimate of drug-likeness (QED) is 0.888. The van der Waals surface area contributed by atoms with Gasteiger partial charge in [-0.1, -0.05) is 30.3 Å². The van der Waals surface area contributed by atoms with Gasteiger partial charge in [0.1, 0.15) is 5.69 Å². The number of pyridine rings is 1. The van der Waals surface area contributed by atoms with Crippen molar-refractivity contribution in [3.8, 4) is 0 Å². The highest BCUT2D eigenvalue weighted by atomic mass is 79.9. The Bertz CT molecular complexity index is 614. The second-order valence-electron chi connectivity index (χ2n) is 5.44. The van der Waals surface area contributed by atoms with Crippen LogP contribution in [0.25, 0.3) is 0 Å². The van der Waals surface area contributed by atoms with Gasteiger partial charge >= 0.3 is 0 Å². The molecule has 116 valence electrons. The number of halogens is 1. The molecule has 0 radical (unpaired) electrons. The molecule has 22 heavy (non-hydrogen) atoms. The number of hydrogen-bond donors (Lipinski definition) is 1. The molecule has 1 amide bonds. The van der Waals surface area contributed by atoms with Crippen molar-refractivity contribution in [2.45, 2.75) is 19.0 Å². The number of nitrogens with zero attached hydrogens (tertiary/aromatic N) is 2. The van der Waals surface area contributed by atoms with Crippen molar-refractivity contribution in [3.05, 3.63) is 64.4 Å². The van der Waals surface area contributed by atoms with E-state index in [4.69, 9.17) is 0 Å². The van der Waals surface area contributed by atoms with E-state index in [0.29, 0.717) is 5.69 Å². The Balaban J connectivity index is 2.13.